The van der Waals surface area contributed by atoms with E-state index in [1.807, 2.05) is 36.1 Å². The van der Waals surface area contributed by atoms with Gasteiger partial charge >= 0.3 is 0 Å². The summed E-state index contributed by atoms with van der Waals surface area (Å²) < 4.78 is 13.4. The van der Waals surface area contributed by atoms with Crippen LogP contribution in [-0.4, -0.2) is 40.0 Å². The molecule has 0 N–H and O–H groups in total. The molecule has 2 aliphatic heterocycles. The maximum atomic E-state index is 13.4. The van der Waals surface area contributed by atoms with Gasteiger partial charge in [-0.25, -0.2) is 4.39 Å². The zero-order valence-corrected chi connectivity index (χ0v) is 16.2. The molecule has 1 amide bonds. The highest BCUT2D eigenvalue weighted by molar-refractivity contribution is 5.94. The number of carbonyl (C=O) groups is 1. The molecule has 5 heteroatoms. The van der Waals surface area contributed by atoms with Crippen molar-refractivity contribution in [3.05, 3.63) is 59.7 Å². The number of carbonyl (C=O) groups excluding carboxylic acids is 1. The molecule has 4 nitrogen and oxygen atoms in total. The first-order valence-corrected chi connectivity index (χ1v) is 9.59. The van der Waals surface area contributed by atoms with Crippen molar-refractivity contribution >= 4 is 11.6 Å². The zero-order valence-electron chi connectivity index (χ0n) is 16.2. The number of likely N-dealkylation sites (tertiary alicyclic amines) is 1. The van der Waals surface area contributed by atoms with Gasteiger partial charge in [0.25, 0.3) is 5.91 Å². The van der Waals surface area contributed by atoms with Crippen LogP contribution in [0.25, 0.3) is 0 Å². The molecule has 0 aliphatic carbocycles. The molecule has 142 valence electrons. The molecular formula is C22H26FN3O. The molecule has 0 bridgehead atoms. The van der Waals surface area contributed by atoms with Crippen LogP contribution in [0.5, 0.6) is 0 Å². The third kappa shape index (κ3) is 2.99. The number of hydrogen-bond acceptors (Lipinski definition) is 3. The van der Waals surface area contributed by atoms with Crippen molar-refractivity contribution in [1.29, 1.82) is 0 Å². The summed E-state index contributed by atoms with van der Waals surface area (Å²) in [5.41, 5.74) is 2.17. The average Bonchev–Trinajstić information content (AvgIpc) is 3.15. The minimum atomic E-state index is -0.228. The first-order chi connectivity index (χ1) is 12.8. The van der Waals surface area contributed by atoms with Gasteiger partial charge in [-0.15, -0.1) is 0 Å². The van der Waals surface area contributed by atoms with Crippen LogP contribution in [0.4, 0.5) is 10.1 Å². The maximum Gasteiger partial charge on any atom is 0.273 e. The normalized spacial score (nSPS) is 24.0. The summed E-state index contributed by atoms with van der Waals surface area (Å²) >= 11 is 0. The summed E-state index contributed by atoms with van der Waals surface area (Å²) in [7, 11) is 0. The van der Waals surface area contributed by atoms with Crippen LogP contribution in [0.2, 0.25) is 0 Å². The lowest BCUT2D eigenvalue weighted by atomic mass is 9.87. The predicted molar refractivity (Wildman–Crippen MR) is 104 cm³/mol. The van der Waals surface area contributed by atoms with Gasteiger partial charge in [-0.1, -0.05) is 6.07 Å². The Kier molecular flexibility index (Phi) is 4.21. The summed E-state index contributed by atoms with van der Waals surface area (Å²) in [4.78, 5) is 22.0. The van der Waals surface area contributed by atoms with Crippen molar-refractivity contribution in [2.24, 2.45) is 0 Å². The Morgan fingerprint density at radius 3 is 2.63 bits per heavy atom. The number of halogens is 1. The molecule has 2 aliphatic rings. The van der Waals surface area contributed by atoms with Crippen molar-refractivity contribution in [3.63, 3.8) is 0 Å². The Balaban J connectivity index is 1.67. The Bertz CT molecular complexity index is 864. The Hall–Kier alpha value is -2.43. The van der Waals surface area contributed by atoms with Gasteiger partial charge in [0, 0.05) is 30.5 Å². The molecule has 1 spiro atoms. The van der Waals surface area contributed by atoms with Crippen molar-refractivity contribution in [2.75, 3.05) is 18.0 Å². The first-order valence-electron chi connectivity index (χ1n) is 9.59. The topological polar surface area (TPSA) is 36.4 Å². The number of benzene rings is 1. The largest absolute Gasteiger partial charge is 0.364 e. The van der Waals surface area contributed by atoms with Crippen molar-refractivity contribution in [2.45, 2.75) is 51.1 Å². The number of pyridine rings is 1. The van der Waals surface area contributed by atoms with Gasteiger partial charge < -0.3 is 9.80 Å². The van der Waals surface area contributed by atoms with E-state index in [1.54, 1.807) is 6.20 Å². The van der Waals surface area contributed by atoms with Crippen LogP contribution >= 0.6 is 0 Å². The molecular weight excluding hydrogens is 341 g/mol. The summed E-state index contributed by atoms with van der Waals surface area (Å²) in [6.45, 7) is 7.88. The fraction of sp³-hybridized carbons (Fsp3) is 0.455. The second kappa shape index (κ2) is 6.32. The molecule has 1 atom stereocenters. The van der Waals surface area contributed by atoms with E-state index in [1.165, 1.54) is 12.1 Å². The number of rotatable bonds is 2. The number of nitrogens with zero attached hydrogens (tertiary/aromatic N) is 3. The quantitative estimate of drug-likeness (QED) is 0.798. The molecule has 1 aromatic carbocycles. The molecule has 2 fully saturated rings. The molecule has 1 unspecified atom stereocenters. The Labute approximate surface area is 160 Å². The third-order valence-corrected chi connectivity index (χ3v) is 6.14. The highest BCUT2D eigenvalue weighted by atomic mass is 19.1. The molecule has 2 aromatic rings. The van der Waals surface area contributed by atoms with Crippen LogP contribution in [0.3, 0.4) is 0 Å². The van der Waals surface area contributed by atoms with Gasteiger partial charge in [0.1, 0.15) is 11.5 Å². The lowest BCUT2D eigenvalue weighted by molar-refractivity contribution is 0.0610. The highest BCUT2D eigenvalue weighted by Gasteiger charge is 2.55. The average molecular weight is 367 g/mol. The molecule has 3 heterocycles. The second-order valence-corrected chi connectivity index (χ2v) is 8.51. The smallest absolute Gasteiger partial charge is 0.273 e. The van der Waals surface area contributed by atoms with E-state index in [4.69, 9.17) is 0 Å². The van der Waals surface area contributed by atoms with Gasteiger partial charge in [-0.3, -0.25) is 9.78 Å². The Morgan fingerprint density at radius 2 is 1.93 bits per heavy atom. The van der Waals surface area contributed by atoms with E-state index in [-0.39, 0.29) is 22.8 Å². The number of amides is 1. The van der Waals surface area contributed by atoms with Crippen LogP contribution in [0.15, 0.2) is 42.6 Å². The first kappa shape index (κ1) is 18.0. The van der Waals surface area contributed by atoms with Gasteiger partial charge in [0.05, 0.1) is 5.54 Å². The number of aromatic nitrogens is 1. The monoisotopic (exact) mass is 367 g/mol. The van der Waals surface area contributed by atoms with Gasteiger partial charge in [0.2, 0.25) is 0 Å². The number of anilines is 1. The van der Waals surface area contributed by atoms with Crippen molar-refractivity contribution in [3.8, 4) is 0 Å². The second-order valence-electron chi connectivity index (χ2n) is 8.51. The predicted octanol–water partition coefficient (Wildman–Crippen LogP) is 4.19. The standard InChI is InChI=1S/C22H26FN3O/c1-16-6-4-12-24-19(16)20(27)25-13-5-11-22(25)14-21(2,3)26(15-22)18-9-7-17(23)8-10-18/h4,6-10,12H,5,11,13-15H2,1-3H3. The molecule has 1 aromatic heterocycles. The lowest BCUT2D eigenvalue weighted by Crippen LogP contribution is -2.49. The van der Waals surface area contributed by atoms with Crippen LogP contribution < -0.4 is 4.90 Å². The van der Waals surface area contributed by atoms with Crippen LogP contribution in [-0.2, 0) is 0 Å². The molecule has 4 rings (SSSR count). The summed E-state index contributed by atoms with van der Waals surface area (Å²) in [5, 5.41) is 0. The van der Waals surface area contributed by atoms with Crippen molar-refractivity contribution < 1.29 is 9.18 Å². The highest BCUT2D eigenvalue weighted by Crippen LogP contribution is 2.47. The van der Waals surface area contributed by atoms with E-state index in [0.29, 0.717) is 5.69 Å². The maximum absolute atomic E-state index is 13.4. The molecule has 27 heavy (non-hydrogen) atoms. The van der Waals surface area contributed by atoms with E-state index < -0.39 is 0 Å². The van der Waals surface area contributed by atoms with E-state index in [9.17, 15) is 9.18 Å². The minimum absolute atomic E-state index is 0.0300. The fourth-order valence-electron chi connectivity index (χ4n) is 4.97. The fourth-order valence-corrected chi connectivity index (χ4v) is 4.97. The van der Waals surface area contributed by atoms with E-state index in [2.05, 4.69) is 23.7 Å². The molecule has 0 saturated carbocycles. The Morgan fingerprint density at radius 1 is 1.19 bits per heavy atom. The van der Waals surface area contributed by atoms with Crippen molar-refractivity contribution in [1.82, 2.24) is 9.88 Å². The van der Waals surface area contributed by atoms with Crippen LogP contribution in [0.1, 0.15) is 49.2 Å². The van der Waals surface area contributed by atoms with Gasteiger partial charge in [0.15, 0.2) is 0 Å². The SMILES string of the molecule is Cc1cccnc1C(=O)N1CCCC12CN(c1ccc(F)cc1)C(C)(C)C2. The number of aryl methyl sites for hydroxylation is 1. The zero-order chi connectivity index (χ0) is 19.2. The molecule has 0 radical (unpaired) electrons. The third-order valence-electron chi connectivity index (χ3n) is 6.14. The van der Waals surface area contributed by atoms with Gasteiger partial charge in [-0.2, -0.15) is 0 Å². The minimum Gasteiger partial charge on any atom is -0.364 e. The van der Waals surface area contributed by atoms with E-state index >= 15 is 0 Å². The van der Waals surface area contributed by atoms with Gasteiger partial charge in [-0.05, 0) is 75.9 Å². The lowest BCUT2D eigenvalue weighted by Gasteiger charge is -2.35. The summed E-state index contributed by atoms with van der Waals surface area (Å²) in [6.07, 6.45) is 4.58. The summed E-state index contributed by atoms with van der Waals surface area (Å²) in [6, 6.07) is 10.5. The van der Waals surface area contributed by atoms with E-state index in [0.717, 1.165) is 43.6 Å². The summed E-state index contributed by atoms with van der Waals surface area (Å²) in [5.74, 6) is -0.198. The molecule has 2 saturated heterocycles. The van der Waals surface area contributed by atoms with Crippen LogP contribution in [0, 0.1) is 12.7 Å². The number of hydrogen-bond donors (Lipinski definition) is 0.